The van der Waals surface area contributed by atoms with Crippen LogP contribution in [0.5, 0.6) is 0 Å². The molecular weight excluding hydrogens is 272 g/mol. The van der Waals surface area contributed by atoms with E-state index in [0.717, 1.165) is 12.1 Å². The molecule has 0 aliphatic carbocycles. The Labute approximate surface area is 113 Å². The molecule has 2 aromatic rings. The Hall–Kier alpha value is -1.88. The Morgan fingerprint density at radius 2 is 1.50 bits per heavy atom. The highest BCUT2D eigenvalue weighted by Crippen LogP contribution is 2.36. The second-order valence-corrected chi connectivity index (χ2v) is 4.42. The lowest BCUT2D eigenvalue weighted by molar-refractivity contribution is 0.0676. The van der Waals surface area contributed by atoms with Crippen molar-refractivity contribution in [2.45, 2.75) is 18.9 Å². The smallest absolute Gasteiger partial charge is 0.194 e. The van der Waals surface area contributed by atoms with Crippen LogP contribution >= 0.6 is 0 Å². The van der Waals surface area contributed by atoms with Crippen LogP contribution in [0.4, 0.5) is 17.6 Å². The van der Waals surface area contributed by atoms with Crippen LogP contribution < -0.4 is 0 Å². The number of rotatable bonds is 3. The Kier molecular flexibility index (Phi) is 3.81. The summed E-state index contributed by atoms with van der Waals surface area (Å²) in [6.45, 7) is 1.49. The third-order valence-corrected chi connectivity index (χ3v) is 3.31. The third kappa shape index (κ3) is 2.18. The number of hydrogen-bond donors (Lipinski definition) is 1. The Bertz CT molecular complexity index is 642. The molecule has 0 aliphatic heterocycles. The molecule has 0 fully saturated rings. The van der Waals surface area contributed by atoms with Crippen LogP contribution in [0.1, 0.15) is 24.5 Å². The van der Waals surface area contributed by atoms with Gasteiger partial charge in [0.05, 0.1) is 0 Å². The fraction of sp³-hybridized carbons (Fsp3) is 0.200. The van der Waals surface area contributed by atoms with E-state index in [1.807, 2.05) is 0 Å². The summed E-state index contributed by atoms with van der Waals surface area (Å²) in [6, 6.07) is 6.89. The first-order chi connectivity index (χ1) is 9.41. The molecule has 0 saturated heterocycles. The van der Waals surface area contributed by atoms with E-state index in [1.165, 1.54) is 25.1 Å². The molecule has 0 bridgehead atoms. The zero-order chi connectivity index (χ0) is 14.9. The largest absolute Gasteiger partial charge is 0.380 e. The second-order valence-electron chi connectivity index (χ2n) is 4.42. The van der Waals surface area contributed by atoms with E-state index in [0.29, 0.717) is 6.07 Å². The molecule has 106 valence electrons. The van der Waals surface area contributed by atoms with Crippen molar-refractivity contribution in [3.8, 4) is 0 Å². The van der Waals surface area contributed by atoms with E-state index >= 15 is 0 Å². The number of hydrogen-bond acceptors (Lipinski definition) is 1. The first-order valence-corrected chi connectivity index (χ1v) is 6.03. The number of benzene rings is 2. The average molecular weight is 284 g/mol. The van der Waals surface area contributed by atoms with E-state index < -0.39 is 34.4 Å². The highest BCUT2D eigenvalue weighted by atomic mass is 19.2. The van der Waals surface area contributed by atoms with Crippen LogP contribution in [0, 0.1) is 23.3 Å². The van der Waals surface area contributed by atoms with E-state index in [4.69, 9.17) is 0 Å². The van der Waals surface area contributed by atoms with Gasteiger partial charge < -0.3 is 5.11 Å². The minimum Gasteiger partial charge on any atom is -0.380 e. The molecule has 0 saturated carbocycles. The maximum absolute atomic E-state index is 13.9. The van der Waals surface area contributed by atoms with Crippen LogP contribution in [0.25, 0.3) is 0 Å². The van der Waals surface area contributed by atoms with Crippen molar-refractivity contribution in [3.05, 3.63) is 70.8 Å². The molecule has 0 spiro atoms. The molecule has 0 aromatic heterocycles. The lowest BCUT2D eigenvalue weighted by Gasteiger charge is -2.28. The van der Waals surface area contributed by atoms with Gasteiger partial charge in [-0.15, -0.1) is 0 Å². The quantitative estimate of drug-likeness (QED) is 0.669. The Balaban J connectivity index is 2.69. The third-order valence-electron chi connectivity index (χ3n) is 3.31. The summed E-state index contributed by atoms with van der Waals surface area (Å²) in [5.74, 6) is -5.32. The van der Waals surface area contributed by atoms with Gasteiger partial charge in [0.2, 0.25) is 0 Å². The van der Waals surface area contributed by atoms with Crippen LogP contribution in [-0.2, 0) is 5.60 Å². The highest BCUT2D eigenvalue weighted by molar-refractivity contribution is 5.38. The molecule has 2 aromatic carbocycles. The van der Waals surface area contributed by atoms with Crippen molar-refractivity contribution in [3.63, 3.8) is 0 Å². The molecule has 5 heteroatoms. The van der Waals surface area contributed by atoms with Gasteiger partial charge in [-0.3, -0.25) is 0 Å². The predicted octanol–water partition coefficient (Wildman–Crippen LogP) is 3.89. The topological polar surface area (TPSA) is 20.2 Å². The molecular formula is C15H12F4O. The van der Waals surface area contributed by atoms with Crippen LogP contribution in [-0.4, -0.2) is 5.11 Å². The summed E-state index contributed by atoms with van der Waals surface area (Å²) < 4.78 is 54.0. The van der Waals surface area contributed by atoms with Crippen molar-refractivity contribution >= 4 is 0 Å². The van der Waals surface area contributed by atoms with Gasteiger partial charge in [-0.2, -0.15) is 0 Å². The van der Waals surface area contributed by atoms with Crippen molar-refractivity contribution in [1.29, 1.82) is 0 Å². The van der Waals surface area contributed by atoms with E-state index in [9.17, 15) is 22.7 Å². The fourth-order valence-electron chi connectivity index (χ4n) is 2.17. The summed E-state index contributed by atoms with van der Waals surface area (Å²) in [5, 5.41) is 10.6. The van der Waals surface area contributed by atoms with Gasteiger partial charge in [0.1, 0.15) is 11.4 Å². The molecule has 0 radical (unpaired) electrons. The Morgan fingerprint density at radius 1 is 0.850 bits per heavy atom. The van der Waals surface area contributed by atoms with E-state index in [2.05, 4.69) is 0 Å². The molecule has 0 heterocycles. The lowest BCUT2D eigenvalue weighted by atomic mass is 9.83. The van der Waals surface area contributed by atoms with Crippen molar-refractivity contribution in [2.24, 2.45) is 0 Å². The van der Waals surface area contributed by atoms with Crippen LogP contribution in [0.2, 0.25) is 0 Å². The van der Waals surface area contributed by atoms with Gasteiger partial charge in [0, 0.05) is 11.1 Å². The molecule has 20 heavy (non-hydrogen) atoms. The summed E-state index contributed by atoms with van der Waals surface area (Å²) in [4.78, 5) is 0. The highest BCUT2D eigenvalue weighted by Gasteiger charge is 2.36. The van der Waals surface area contributed by atoms with Crippen molar-refractivity contribution in [1.82, 2.24) is 0 Å². The minimum absolute atomic E-state index is 0.101. The normalized spacial score (nSPS) is 14.1. The minimum atomic E-state index is -2.07. The van der Waals surface area contributed by atoms with Gasteiger partial charge in [-0.25, -0.2) is 17.6 Å². The van der Waals surface area contributed by atoms with Crippen LogP contribution in [0.3, 0.4) is 0 Å². The zero-order valence-electron chi connectivity index (χ0n) is 10.6. The number of aliphatic hydroxyl groups is 1. The van der Waals surface area contributed by atoms with Crippen molar-refractivity contribution < 1.29 is 22.7 Å². The molecule has 1 unspecified atom stereocenters. The van der Waals surface area contributed by atoms with E-state index in [1.54, 1.807) is 0 Å². The lowest BCUT2D eigenvalue weighted by Crippen LogP contribution is -2.29. The van der Waals surface area contributed by atoms with Crippen LogP contribution in [0.15, 0.2) is 36.4 Å². The van der Waals surface area contributed by atoms with Crippen molar-refractivity contribution in [2.75, 3.05) is 0 Å². The maximum Gasteiger partial charge on any atom is 0.194 e. The maximum atomic E-state index is 13.9. The molecule has 1 atom stereocenters. The first-order valence-electron chi connectivity index (χ1n) is 6.03. The monoisotopic (exact) mass is 284 g/mol. The zero-order valence-corrected chi connectivity index (χ0v) is 10.6. The van der Waals surface area contributed by atoms with Gasteiger partial charge >= 0.3 is 0 Å². The first kappa shape index (κ1) is 14.5. The average Bonchev–Trinajstić information content (AvgIpc) is 2.44. The van der Waals surface area contributed by atoms with Gasteiger partial charge in [0.25, 0.3) is 0 Å². The summed E-state index contributed by atoms with van der Waals surface area (Å²) in [7, 11) is 0. The van der Waals surface area contributed by atoms with Gasteiger partial charge in [0.15, 0.2) is 17.5 Å². The van der Waals surface area contributed by atoms with E-state index in [-0.39, 0.29) is 12.0 Å². The fourth-order valence-corrected chi connectivity index (χ4v) is 2.17. The summed E-state index contributed by atoms with van der Waals surface area (Å²) in [5.41, 5.74) is -2.75. The molecule has 0 aliphatic rings. The second kappa shape index (κ2) is 5.25. The molecule has 2 rings (SSSR count). The summed E-state index contributed by atoms with van der Waals surface area (Å²) in [6.07, 6.45) is -0.101. The molecule has 1 N–H and O–H groups in total. The Morgan fingerprint density at radius 3 is 2.10 bits per heavy atom. The molecule has 1 nitrogen and oxygen atoms in total. The number of halogens is 4. The predicted molar refractivity (Wildman–Crippen MR) is 66.0 cm³/mol. The molecule has 0 amide bonds. The standard InChI is InChI=1S/C15H12F4O/c1-2-15(20,9-5-3-4-6-11(9)16)10-7-8-12(17)14(19)13(10)18/h3-8,20H,2H2,1H3. The SMILES string of the molecule is CCC(O)(c1ccccc1F)c1ccc(F)c(F)c1F. The van der Waals surface area contributed by atoms with Gasteiger partial charge in [-0.05, 0) is 24.6 Å². The van der Waals surface area contributed by atoms with Gasteiger partial charge in [-0.1, -0.05) is 25.1 Å². The summed E-state index contributed by atoms with van der Waals surface area (Å²) >= 11 is 0.